The van der Waals surface area contributed by atoms with Gasteiger partial charge in [-0.15, -0.1) is 0 Å². The van der Waals surface area contributed by atoms with Crippen molar-refractivity contribution in [3.8, 4) is 0 Å². The van der Waals surface area contributed by atoms with Gasteiger partial charge in [-0.2, -0.15) is 4.98 Å². The highest BCUT2D eigenvalue weighted by Crippen LogP contribution is 2.37. The Labute approximate surface area is 194 Å². The molecule has 2 heterocycles. The van der Waals surface area contributed by atoms with Crippen LogP contribution in [0.5, 0.6) is 0 Å². The molecule has 1 amide bonds. The fourth-order valence-electron chi connectivity index (χ4n) is 5.01. The van der Waals surface area contributed by atoms with Crippen LogP contribution in [0.2, 0.25) is 0 Å². The number of aliphatic hydroxyl groups excluding tert-OH is 1. The van der Waals surface area contributed by atoms with E-state index in [1.807, 2.05) is 4.57 Å². The molecule has 5 rings (SSSR count). The van der Waals surface area contributed by atoms with Gasteiger partial charge >= 0.3 is 0 Å². The molecule has 2 atom stereocenters. The minimum absolute atomic E-state index is 0.0694. The van der Waals surface area contributed by atoms with Gasteiger partial charge in [0.05, 0.1) is 12.3 Å². The first-order chi connectivity index (χ1) is 16.4. The second-order valence-corrected chi connectivity index (χ2v) is 9.15. The zero-order valence-electron chi connectivity index (χ0n) is 18.5. The number of hydrogen-bond acceptors (Lipinski definition) is 7. The molecule has 2 saturated carbocycles. The Kier molecular flexibility index (Phi) is 6.03. The Balaban J connectivity index is 1.52. The molecule has 5 N–H and O–H groups in total. The Morgan fingerprint density at radius 1 is 1.09 bits per heavy atom. The van der Waals surface area contributed by atoms with E-state index in [9.17, 15) is 18.7 Å². The molecule has 1 aromatic carbocycles. The number of carbonyl (C=O) groups is 1. The number of fused-ring (bicyclic) bond motifs is 1. The number of benzene rings is 1. The summed E-state index contributed by atoms with van der Waals surface area (Å²) in [5.74, 6) is -1.31. The number of imidazole rings is 1. The Bertz CT molecular complexity index is 1190. The molecule has 2 aromatic heterocycles. The molecule has 34 heavy (non-hydrogen) atoms. The molecule has 0 saturated heterocycles. The molecule has 180 valence electrons. The number of hydrogen-bond donors (Lipinski definition) is 4. The van der Waals surface area contributed by atoms with Crippen molar-refractivity contribution < 1.29 is 18.7 Å². The zero-order valence-corrected chi connectivity index (χ0v) is 18.5. The number of rotatable bonds is 6. The summed E-state index contributed by atoms with van der Waals surface area (Å²) in [6.07, 6.45) is 5.93. The van der Waals surface area contributed by atoms with Crippen molar-refractivity contribution >= 4 is 34.7 Å². The summed E-state index contributed by atoms with van der Waals surface area (Å²) >= 11 is 0. The van der Waals surface area contributed by atoms with Crippen molar-refractivity contribution in [1.29, 1.82) is 0 Å². The first-order valence-electron chi connectivity index (χ1n) is 11.6. The van der Waals surface area contributed by atoms with E-state index >= 15 is 0 Å². The van der Waals surface area contributed by atoms with Gasteiger partial charge < -0.3 is 21.5 Å². The minimum atomic E-state index is -0.732. The van der Waals surface area contributed by atoms with Gasteiger partial charge in [-0.1, -0.05) is 6.07 Å². The maximum absolute atomic E-state index is 14.4. The van der Waals surface area contributed by atoms with Crippen molar-refractivity contribution in [1.82, 2.24) is 19.5 Å². The lowest BCUT2D eigenvalue weighted by Gasteiger charge is -2.29. The van der Waals surface area contributed by atoms with Gasteiger partial charge in [0.1, 0.15) is 22.8 Å². The summed E-state index contributed by atoms with van der Waals surface area (Å²) in [4.78, 5) is 25.2. The molecule has 0 spiro atoms. The number of aromatic nitrogens is 4. The van der Waals surface area contributed by atoms with E-state index < -0.39 is 11.6 Å². The lowest BCUT2D eigenvalue weighted by molar-refractivity contribution is -0.122. The van der Waals surface area contributed by atoms with Crippen molar-refractivity contribution in [2.24, 2.45) is 11.7 Å². The van der Waals surface area contributed by atoms with Gasteiger partial charge in [0, 0.05) is 18.0 Å². The van der Waals surface area contributed by atoms with E-state index in [0.29, 0.717) is 49.2 Å². The molecule has 2 aliphatic rings. The first kappa shape index (κ1) is 22.5. The van der Waals surface area contributed by atoms with E-state index in [1.165, 1.54) is 18.2 Å². The smallest absolute Gasteiger partial charge is 0.224 e. The van der Waals surface area contributed by atoms with E-state index in [0.717, 1.165) is 12.8 Å². The monoisotopic (exact) mass is 471 g/mol. The van der Waals surface area contributed by atoms with Crippen LogP contribution in [0, 0.1) is 17.6 Å². The first-order valence-corrected chi connectivity index (χ1v) is 11.6. The van der Waals surface area contributed by atoms with Crippen LogP contribution in [0.25, 0.3) is 11.2 Å². The molecular weight excluding hydrogens is 444 g/mol. The highest BCUT2D eigenvalue weighted by Gasteiger charge is 2.30. The van der Waals surface area contributed by atoms with Crippen LogP contribution in [-0.2, 0) is 4.79 Å². The molecule has 0 radical (unpaired) electrons. The van der Waals surface area contributed by atoms with Gasteiger partial charge in [-0.05, 0) is 57.1 Å². The number of nitrogens with one attached hydrogen (secondary N) is 2. The van der Waals surface area contributed by atoms with Gasteiger partial charge in [0.2, 0.25) is 17.8 Å². The van der Waals surface area contributed by atoms with Crippen LogP contribution in [0.1, 0.15) is 51.0 Å². The number of para-hydroxylation sites is 1. The van der Waals surface area contributed by atoms with Crippen LogP contribution in [0.3, 0.4) is 0 Å². The number of aliphatic hydroxyl groups is 1. The molecule has 0 bridgehead atoms. The Morgan fingerprint density at radius 3 is 2.47 bits per heavy atom. The second-order valence-electron chi connectivity index (χ2n) is 9.15. The van der Waals surface area contributed by atoms with Crippen LogP contribution in [0.4, 0.5) is 26.4 Å². The summed E-state index contributed by atoms with van der Waals surface area (Å²) in [6, 6.07) is 3.63. The number of carbonyl (C=O) groups excluding carboxylic acids is 1. The van der Waals surface area contributed by atoms with Gasteiger partial charge in [0.25, 0.3) is 0 Å². The van der Waals surface area contributed by atoms with Crippen LogP contribution in [0.15, 0.2) is 24.4 Å². The predicted octanol–water partition coefficient (Wildman–Crippen LogP) is 3.39. The topological polar surface area (TPSA) is 131 Å². The van der Waals surface area contributed by atoms with Crippen LogP contribution < -0.4 is 16.4 Å². The average molecular weight is 472 g/mol. The normalized spacial score (nSPS) is 24.9. The second kappa shape index (κ2) is 9.13. The van der Waals surface area contributed by atoms with Gasteiger partial charge in [-0.25, -0.2) is 18.7 Å². The third-order valence-electron chi connectivity index (χ3n) is 6.83. The minimum Gasteiger partial charge on any atom is -0.393 e. The van der Waals surface area contributed by atoms with E-state index in [2.05, 4.69) is 25.6 Å². The fraction of sp³-hybridized carbons (Fsp3) is 0.478. The van der Waals surface area contributed by atoms with E-state index in [1.54, 1.807) is 6.20 Å². The maximum Gasteiger partial charge on any atom is 0.224 e. The standard InChI is InChI=1S/C23H27F2N7O2/c24-16-2-1-3-17(25)19(16)30-23-29-18-11-27-22(28-13-6-9-15(33)10-13)31-21(18)32(23)14-7-4-12(5-8-14)20(26)34/h1-3,11-15,33H,4-10H2,(H2,26,34)(H,29,30)(H,27,28,31)/t12-,13-,14+,15-/m0/s1. The number of anilines is 3. The highest BCUT2D eigenvalue weighted by atomic mass is 19.1. The van der Waals surface area contributed by atoms with E-state index in [4.69, 9.17) is 5.73 Å². The predicted molar refractivity (Wildman–Crippen MR) is 122 cm³/mol. The molecule has 0 unspecified atom stereocenters. The number of nitrogens with zero attached hydrogens (tertiary/aromatic N) is 4. The quantitative estimate of drug-likeness (QED) is 0.433. The van der Waals surface area contributed by atoms with Crippen molar-refractivity contribution in [3.05, 3.63) is 36.0 Å². The summed E-state index contributed by atoms with van der Waals surface area (Å²) in [7, 11) is 0. The summed E-state index contributed by atoms with van der Waals surface area (Å²) in [5.41, 5.74) is 6.20. The Hall–Kier alpha value is -3.34. The molecule has 2 fully saturated rings. The number of amides is 1. The maximum atomic E-state index is 14.4. The number of nitrogens with two attached hydrogens (primary N) is 1. The molecule has 3 aromatic rings. The third-order valence-corrected chi connectivity index (χ3v) is 6.83. The van der Waals surface area contributed by atoms with Crippen molar-refractivity contribution in [2.45, 2.75) is 63.1 Å². The molecule has 2 aliphatic carbocycles. The SMILES string of the molecule is NC(=O)[C@H]1CC[C@@H](n2c(Nc3c(F)cccc3F)nc3cnc(N[C@H]4CC[C@H](O)C4)nc32)CC1. The van der Waals surface area contributed by atoms with Crippen LogP contribution in [-0.4, -0.2) is 42.7 Å². The van der Waals surface area contributed by atoms with Gasteiger partial charge in [0.15, 0.2) is 5.65 Å². The summed E-state index contributed by atoms with van der Waals surface area (Å²) in [6.45, 7) is 0. The fourth-order valence-corrected chi connectivity index (χ4v) is 5.01. The van der Waals surface area contributed by atoms with E-state index in [-0.39, 0.29) is 41.6 Å². The summed E-state index contributed by atoms with van der Waals surface area (Å²) in [5, 5.41) is 15.9. The Morgan fingerprint density at radius 2 is 1.82 bits per heavy atom. The molecule has 9 nitrogen and oxygen atoms in total. The molecular formula is C23H27F2N7O2. The lowest BCUT2D eigenvalue weighted by atomic mass is 9.85. The number of halogens is 2. The van der Waals surface area contributed by atoms with Crippen LogP contribution >= 0.6 is 0 Å². The zero-order chi connectivity index (χ0) is 23.8. The van der Waals surface area contributed by atoms with Crippen molar-refractivity contribution in [2.75, 3.05) is 10.6 Å². The lowest BCUT2D eigenvalue weighted by Crippen LogP contribution is -2.29. The van der Waals surface area contributed by atoms with Gasteiger partial charge in [-0.3, -0.25) is 9.36 Å². The molecule has 11 heteroatoms. The third kappa shape index (κ3) is 4.39. The highest BCUT2D eigenvalue weighted by molar-refractivity contribution is 5.78. The molecule has 0 aliphatic heterocycles. The van der Waals surface area contributed by atoms with Crippen molar-refractivity contribution in [3.63, 3.8) is 0 Å². The largest absolute Gasteiger partial charge is 0.393 e. The summed E-state index contributed by atoms with van der Waals surface area (Å²) < 4.78 is 30.6. The number of primary amides is 1. The average Bonchev–Trinajstić information content (AvgIpc) is 3.38.